The number of Topliss-reactive ketones (excluding diaryl/α,β-unsaturated/α-hetero) is 1. The van der Waals surface area contributed by atoms with Gasteiger partial charge in [0.05, 0.1) is 12.7 Å². The molecular formula is C23H20O4. The highest BCUT2D eigenvalue weighted by molar-refractivity contribution is 6.15. The Morgan fingerprint density at radius 3 is 2.52 bits per heavy atom. The second-order valence-electron chi connectivity index (χ2n) is 6.72. The molecule has 0 saturated heterocycles. The van der Waals surface area contributed by atoms with Crippen LogP contribution >= 0.6 is 0 Å². The molecule has 2 aromatic rings. The highest BCUT2D eigenvalue weighted by Gasteiger charge is 2.30. The Bertz CT molecular complexity index is 967. The quantitative estimate of drug-likeness (QED) is 0.459. The van der Waals surface area contributed by atoms with E-state index in [4.69, 9.17) is 9.47 Å². The summed E-state index contributed by atoms with van der Waals surface area (Å²) in [5.41, 5.74) is 5.37. The van der Waals surface area contributed by atoms with Gasteiger partial charge in [-0.1, -0.05) is 24.3 Å². The first kappa shape index (κ1) is 17.3. The van der Waals surface area contributed by atoms with Gasteiger partial charge in [-0.25, -0.2) is 4.79 Å². The Morgan fingerprint density at radius 2 is 1.74 bits per heavy atom. The largest absolute Gasteiger partial charge is 0.497 e. The molecule has 0 saturated carbocycles. The standard InChI is InChI=1S/C23H20O4/c1-26-18-9-12-19-16(13-18)7-11-21-20(19)10-8-17(22(21)24)14-27-23(25)15-5-3-2-4-6-15/h2-6,9,12-14H,7-8,10-11H2,1H3/b17-14-. The topological polar surface area (TPSA) is 52.6 Å². The van der Waals surface area contributed by atoms with Crippen molar-refractivity contribution in [2.45, 2.75) is 25.7 Å². The number of hydrogen-bond acceptors (Lipinski definition) is 4. The molecule has 0 heterocycles. The summed E-state index contributed by atoms with van der Waals surface area (Å²) in [6.07, 6.45) is 4.21. The monoisotopic (exact) mass is 360 g/mol. The van der Waals surface area contributed by atoms with E-state index in [2.05, 4.69) is 6.07 Å². The van der Waals surface area contributed by atoms with Crippen LogP contribution in [0.1, 0.15) is 40.7 Å². The summed E-state index contributed by atoms with van der Waals surface area (Å²) in [5, 5.41) is 0. The Kier molecular flexibility index (Phi) is 4.63. The van der Waals surface area contributed by atoms with Crippen molar-refractivity contribution in [3.63, 3.8) is 0 Å². The molecule has 0 radical (unpaired) electrons. The molecule has 0 atom stereocenters. The van der Waals surface area contributed by atoms with Gasteiger partial charge in [0.1, 0.15) is 12.0 Å². The first-order valence-electron chi connectivity index (χ1n) is 9.06. The van der Waals surface area contributed by atoms with Crippen LogP contribution in [-0.2, 0) is 16.0 Å². The summed E-state index contributed by atoms with van der Waals surface area (Å²) in [4.78, 5) is 25.0. The lowest BCUT2D eigenvalue weighted by atomic mass is 9.76. The summed E-state index contributed by atoms with van der Waals surface area (Å²) in [6.45, 7) is 0. The van der Waals surface area contributed by atoms with Crippen molar-refractivity contribution in [3.8, 4) is 5.75 Å². The molecule has 0 N–H and O–H groups in total. The van der Waals surface area contributed by atoms with Crippen LogP contribution in [0.4, 0.5) is 0 Å². The van der Waals surface area contributed by atoms with Gasteiger partial charge >= 0.3 is 5.97 Å². The predicted molar refractivity (Wildman–Crippen MR) is 102 cm³/mol. The number of benzene rings is 2. The third kappa shape index (κ3) is 3.31. The van der Waals surface area contributed by atoms with E-state index in [-0.39, 0.29) is 5.78 Å². The number of fused-ring (bicyclic) bond motifs is 2. The van der Waals surface area contributed by atoms with Gasteiger partial charge in [0.25, 0.3) is 0 Å². The summed E-state index contributed by atoms with van der Waals surface area (Å²) in [7, 11) is 1.66. The van der Waals surface area contributed by atoms with E-state index < -0.39 is 5.97 Å². The molecule has 4 rings (SSSR count). The molecule has 2 aromatic carbocycles. The number of carbonyl (C=O) groups is 2. The van der Waals surface area contributed by atoms with Crippen LogP contribution in [-0.4, -0.2) is 18.9 Å². The Hall–Kier alpha value is -3.14. The van der Waals surface area contributed by atoms with E-state index in [0.717, 1.165) is 35.3 Å². The number of allylic oxidation sites excluding steroid dienone is 3. The second kappa shape index (κ2) is 7.23. The van der Waals surface area contributed by atoms with E-state index in [1.165, 1.54) is 11.8 Å². The van der Waals surface area contributed by atoms with E-state index in [1.54, 1.807) is 31.4 Å². The van der Waals surface area contributed by atoms with Crippen LogP contribution in [0.15, 0.2) is 65.9 Å². The van der Waals surface area contributed by atoms with Gasteiger partial charge in [-0.2, -0.15) is 0 Å². The molecule has 0 amide bonds. The van der Waals surface area contributed by atoms with Gasteiger partial charge in [-0.3, -0.25) is 4.79 Å². The van der Waals surface area contributed by atoms with Gasteiger partial charge in [-0.05, 0) is 66.6 Å². The molecule has 4 heteroatoms. The predicted octanol–water partition coefficient (Wildman–Crippen LogP) is 4.50. The number of carbonyl (C=O) groups excluding carboxylic acids is 2. The number of ether oxygens (including phenoxy) is 2. The molecule has 0 unspecified atom stereocenters. The molecule has 27 heavy (non-hydrogen) atoms. The maximum atomic E-state index is 12.9. The first-order chi connectivity index (χ1) is 13.2. The molecule has 0 aliphatic heterocycles. The fourth-order valence-electron chi connectivity index (χ4n) is 3.75. The minimum Gasteiger partial charge on any atom is -0.497 e. The van der Waals surface area contributed by atoms with E-state index >= 15 is 0 Å². The van der Waals surface area contributed by atoms with Crippen molar-refractivity contribution in [2.24, 2.45) is 0 Å². The van der Waals surface area contributed by atoms with Crippen molar-refractivity contribution in [2.75, 3.05) is 7.11 Å². The lowest BCUT2D eigenvalue weighted by Crippen LogP contribution is -2.19. The number of aryl methyl sites for hydroxylation is 1. The third-order valence-corrected chi connectivity index (χ3v) is 5.17. The van der Waals surface area contributed by atoms with Gasteiger partial charge in [0, 0.05) is 11.1 Å². The van der Waals surface area contributed by atoms with Crippen LogP contribution in [0.3, 0.4) is 0 Å². The average Bonchev–Trinajstić information content (AvgIpc) is 2.73. The number of ketones is 1. The van der Waals surface area contributed by atoms with Gasteiger partial charge < -0.3 is 9.47 Å². The SMILES string of the molecule is COc1ccc2c(c1)CCC1=C2CC/C(=C/OC(=O)c2ccccc2)C1=O. The van der Waals surface area contributed by atoms with Crippen LogP contribution in [0.5, 0.6) is 5.75 Å². The summed E-state index contributed by atoms with van der Waals surface area (Å²) in [6, 6.07) is 14.8. The Balaban J connectivity index is 1.56. The summed E-state index contributed by atoms with van der Waals surface area (Å²) in [5.74, 6) is 0.392. The van der Waals surface area contributed by atoms with E-state index in [1.807, 2.05) is 18.2 Å². The first-order valence-corrected chi connectivity index (χ1v) is 9.06. The number of rotatable bonds is 3. The highest BCUT2D eigenvalue weighted by Crippen LogP contribution is 2.41. The molecule has 0 aromatic heterocycles. The van der Waals surface area contributed by atoms with Crippen LogP contribution in [0.2, 0.25) is 0 Å². The molecule has 0 bridgehead atoms. The van der Waals surface area contributed by atoms with Gasteiger partial charge in [-0.15, -0.1) is 0 Å². The van der Waals surface area contributed by atoms with Crippen LogP contribution in [0, 0.1) is 0 Å². The average molecular weight is 360 g/mol. The molecule has 2 aliphatic rings. The molecule has 2 aliphatic carbocycles. The zero-order chi connectivity index (χ0) is 18.8. The van der Waals surface area contributed by atoms with Gasteiger partial charge in [0.15, 0.2) is 5.78 Å². The fourth-order valence-corrected chi connectivity index (χ4v) is 3.75. The lowest BCUT2D eigenvalue weighted by molar-refractivity contribution is -0.112. The lowest BCUT2D eigenvalue weighted by Gasteiger charge is -2.27. The normalized spacial score (nSPS) is 17.4. The summed E-state index contributed by atoms with van der Waals surface area (Å²) < 4.78 is 10.6. The highest BCUT2D eigenvalue weighted by atomic mass is 16.5. The maximum absolute atomic E-state index is 12.9. The number of esters is 1. The van der Waals surface area contributed by atoms with E-state index in [0.29, 0.717) is 24.0 Å². The molecule has 0 fully saturated rings. The number of methoxy groups -OCH3 is 1. The fraction of sp³-hybridized carbons (Fsp3) is 0.217. The van der Waals surface area contributed by atoms with Crippen LogP contribution < -0.4 is 4.74 Å². The molecule has 136 valence electrons. The van der Waals surface area contributed by atoms with E-state index in [9.17, 15) is 9.59 Å². The van der Waals surface area contributed by atoms with Crippen molar-refractivity contribution in [1.82, 2.24) is 0 Å². The third-order valence-electron chi connectivity index (χ3n) is 5.17. The zero-order valence-electron chi connectivity index (χ0n) is 15.2. The van der Waals surface area contributed by atoms with Crippen LogP contribution in [0.25, 0.3) is 5.57 Å². The number of hydrogen-bond donors (Lipinski definition) is 0. The van der Waals surface area contributed by atoms with Crippen molar-refractivity contribution < 1.29 is 19.1 Å². The Morgan fingerprint density at radius 1 is 0.963 bits per heavy atom. The summed E-state index contributed by atoms with van der Waals surface area (Å²) >= 11 is 0. The van der Waals surface area contributed by atoms with Crippen molar-refractivity contribution in [1.29, 1.82) is 0 Å². The smallest absolute Gasteiger partial charge is 0.342 e. The zero-order valence-corrected chi connectivity index (χ0v) is 15.2. The molecular weight excluding hydrogens is 340 g/mol. The minimum absolute atomic E-state index is 0.00132. The molecule has 4 nitrogen and oxygen atoms in total. The Labute approximate surface area is 158 Å². The van der Waals surface area contributed by atoms with Crippen molar-refractivity contribution >= 4 is 17.3 Å². The molecule has 0 spiro atoms. The second-order valence-corrected chi connectivity index (χ2v) is 6.72. The minimum atomic E-state index is -0.447. The van der Waals surface area contributed by atoms with Gasteiger partial charge in [0.2, 0.25) is 0 Å². The van der Waals surface area contributed by atoms with Crippen molar-refractivity contribution in [3.05, 3.63) is 82.6 Å². The maximum Gasteiger partial charge on any atom is 0.342 e.